The second-order valence-electron chi connectivity index (χ2n) is 5.28. The third-order valence-electron chi connectivity index (χ3n) is 3.87. The number of fused-ring (bicyclic) bond motifs is 1. The number of para-hydroxylation sites is 1. The van der Waals surface area contributed by atoms with Crippen molar-refractivity contribution in [1.82, 2.24) is 4.90 Å². The van der Waals surface area contributed by atoms with Gasteiger partial charge in [0.15, 0.2) is 0 Å². The van der Waals surface area contributed by atoms with Gasteiger partial charge in [0, 0.05) is 24.8 Å². The number of amides is 1. The van der Waals surface area contributed by atoms with Crippen LogP contribution in [0.1, 0.15) is 37.7 Å². The monoisotopic (exact) mass is 244 g/mol. The van der Waals surface area contributed by atoms with E-state index in [0.29, 0.717) is 11.9 Å². The number of hydrogen-bond donors (Lipinski definition) is 1. The molecule has 3 heteroatoms. The number of hydrogen-bond acceptors (Lipinski definition) is 2. The van der Waals surface area contributed by atoms with Gasteiger partial charge >= 0.3 is 0 Å². The van der Waals surface area contributed by atoms with Crippen molar-refractivity contribution in [3.05, 3.63) is 29.8 Å². The van der Waals surface area contributed by atoms with Crippen molar-refractivity contribution in [2.24, 2.45) is 0 Å². The summed E-state index contributed by atoms with van der Waals surface area (Å²) in [6.45, 7) is 3.80. The van der Waals surface area contributed by atoms with Crippen molar-refractivity contribution in [3.63, 3.8) is 0 Å². The number of carbonyl (C=O) groups is 1. The summed E-state index contributed by atoms with van der Waals surface area (Å²) < 4.78 is 0. The lowest BCUT2D eigenvalue weighted by Crippen LogP contribution is -2.38. The predicted octanol–water partition coefficient (Wildman–Crippen LogP) is 2.60. The minimum absolute atomic E-state index is 0.0216. The van der Waals surface area contributed by atoms with E-state index >= 15 is 0 Å². The van der Waals surface area contributed by atoms with Crippen molar-refractivity contribution in [2.75, 3.05) is 18.4 Å². The fourth-order valence-electron chi connectivity index (χ4n) is 2.80. The first kappa shape index (κ1) is 11.6. The molecule has 0 aromatic heterocycles. The largest absolute Gasteiger partial charge is 0.384 e. The van der Waals surface area contributed by atoms with E-state index in [4.69, 9.17) is 0 Å². The molecule has 0 saturated heterocycles. The fraction of sp³-hybridized carbons (Fsp3) is 0.533. The van der Waals surface area contributed by atoms with Gasteiger partial charge < -0.3 is 10.2 Å². The van der Waals surface area contributed by atoms with E-state index in [1.165, 1.54) is 18.4 Å². The van der Waals surface area contributed by atoms with Crippen LogP contribution in [0, 0.1) is 0 Å². The van der Waals surface area contributed by atoms with Gasteiger partial charge in [-0.15, -0.1) is 0 Å². The van der Waals surface area contributed by atoms with Crippen molar-refractivity contribution in [1.29, 1.82) is 0 Å². The lowest BCUT2D eigenvalue weighted by molar-refractivity contribution is -0.133. The summed E-state index contributed by atoms with van der Waals surface area (Å²) >= 11 is 0. The van der Waals surface area contributed by atoms with Gasteiger partial charge in [0.2, 0.25) is 5.91 Å². The van der Waals surface area contributed by atoms with Crippen LogP contribution < -0.4 is 5.32 Å². The summed E-state index contributed by atoms with van der Waals surface area (Å²) in [5, 5.41) is 3.34. The number of rotatable bonds is 4. The van der Waals surface area contributed by atoms with Gasteiger partial charge in [-0.25, -0.2) is 0 Å². The number of benzene rings is 1. The Morgan fingerprint density at radius 3 is 2.89 bits per heavy atom. The Balaban J connectivity index is 1.80. The Bertz CT molecular complexity index is 454. The van der Waals surface area contributed by atoms with Gasteiger partial charge in [-0.3, -0.25) is 4.79 Å². The lowest BCUT2D eigenvalue weighted by Gasteiger charge is -2.25. The van der Waals surface area contributed by atoms with Gasteiger partial charge in [-0.05, 0) is 30.9 Å². The van der Waals surface area contributed by atoms with Crippen molar-refractivity contribution >= 4 is 11.6 Å². The molecule has 18 heavy (non-hydrogen) atoms. The molecule has 2 aliphatic rings. The van der Waals surface area contributed by atoms with Crippen LogP contribution in [0.25, 0.3) is 0 Å². The average molecular weight is 244 g/mol. The molecule has 1 atom stereocenters. The third kappa shape index (κ3) is 1.98. The second kappa shape index (κ2) is 4.63. The zero-order valence-electron chi connectivity index (χ0n) is 10.9. The molecule has 1 N–H and O–H groups in total. The zero-order chi connectivity index (χ0) is 12.5. The summed E-state index contributed by atoms with van der Waals surface area (Å²) in [4.78, 5) is 14.8. The SMILES string of the molecule is CCCN(C(=O)C1CNc2ccccc21)C1CC1. The molecule has 1 unspecified atom stereocenters. The van der Waals surface area contributed by atoms with E-state index in [1.54, 1.807) is 0 Å². The average Bonchev–Trinajstić information content (AvgIpc) is 3.14. The van der Waals surface area contributed by atoms with E-state index < -0.39 is 0 Å². The van der Waals surface area contributed by atoms with Crippen molar-refractivity contribution in [3.8, 4) is 0 Å². The van der Waals surface area contributed by atoms with Crippen LogP contribution >= 0.6 is 0 Å². The highest BCUT2D eigenvalue weighted by Crippen LogP contribution is 2.35. The minimum Gasteiger partial charge on any atom is -0.384 e. The van der Waals surface area contributed by atoms with E-state index in [0.717, 1.165) is 25.2 Å². The maximum Gasteiger partial charge on any atom is 0.232 e. The Morgan fingerprint density at radius 1 is 1.39 bits per heavy atom. The van der Waals surface area contributed by atoms with Gasteiger partial charge in [0.05, 0.1) is 5.92 Å². The zero-order valence-corrected chi connectivity index (χ0v) is 10.9. The summed E-state index contributed by atoms with van der Waals surface area (Å²) in [7, 11) is 0. The topological polar surface area (TPSA) is 32.3 Å². The molecule has 0 radical (unpaired) electrons. The number of nitrogens with one attached hydrogen (secondary N) is 1. The Labute approximate surface area is 108 Å². The highest BCUT2D eigenvalue weighted by molar-refractivity contribution is 5.88. The van der Waals surface area contributed by atoms with E-state index in [-0.39, 0.29) is 5.92 Å². The van der Waals surface area contributed by atoms with E-state index in [9.17, 15) is 4.79 Å². The lowest BCUT2D eigenvalue weighted by atomic mass is 9.99. The molecule has 1 fully saturated rings. The molecule has 1 aliphatic carbocycles. The maximum absolute atomic E-state index is 12.7. The molecule has 0 spiro atoms. The second-order valence-corrected chi connectivity index (χ2v) is 5.28. The summed E-state index contributed by atoms with van der Waals surface area (Å²) in [5.74, 6) is 0.338. The first-order valence-electron chi connectivity index (χ1n) is 6.94. The van der Waals surface area contributed by atoms with Gasteiger partial charge in [-0.2, -0.15) is 0 Å². The highest BCUT2D eigenvalue weighted by Gasteiger charge is 2.37. The molecule has 1 aromatic carbocycles. The molecular formula is C15H20N2O. The van der Waals surface area contributed by atoms with Crippen LogP contribution in [0.2, 0.25) is 0 Å². The standard InChI is InChI=1S/C15H20N2O/c1-2-9-17(11-7-8-11)15(18)13-10-16-14-6-4-3-5-12(13)14/h3-6,11,13,16H,2,7-10H2,1H3. The third-order valence-corrected chi connectivity index (χ3v) is 3.87. The summed E-state index contributed by atoms with van der Waals surface area (Å²) in [5.41, 5.74) is 2.30. The van der Waals surface area contributed by atoms with Gasteiger partial charge in [0.1, 0.15) is 0 Å². The van der Waals surface area contributed by atoms with Crippen molar-refractivity contribution in [2.45, 2.75) is 38.1 Å². The summed E-state index contributed by atoms with van der Waals surface area (Å²) in [6, 6.07) is 8.69. The van der Waals surface area contributed by atoms with E-state index in [2.05, 4.69) is 29.3 Å². The first-order valence-corrected chi connectivity index (χ1v) is 6.94. The quantitative estimate of drug-likeness (QED) is 0.883. The van der Waals surface area contributed by atoms with Crippen LogP contribution in [0.4, 0.5) is 5.69 Å². The highest BCUT2D eigenvalue weighted by atomic mass is 16.2. The molecule has 1 saturated carbocycles. The molecule has 3 rings (SSSR count). The molecule has 3 nitrogen and oxygen atoms in total. The van der Waals surface area contributed by atoms with Crippen LogP contribution in [0.5, 0.6) is 0 Å². The van der Waals surface area contributed by atoms with Crippen LogP contribution in [-0.4, -0.2) is 29.9 Å². The molecule has 1 amide bonds. The van der Waals surface area contributed by atoms with Crippen LogP contribution in [-0.2, 0) is 4.79 Å². The Morgan fingerprint density at radius 2 is 2.17 bits per heavy atom. The number of anilines is 1. The molecule has 96 valence electrons. The molecular weight excluding hydrogens is 224 g/mol. The van der Waals surface area contributed by atoms with Crippen LogP contribution in [0.15, 0.2) is 24.3 Å². The van der Waals surface area contributed by atoms with Gasteiger partial charge in [0.25, 0.3) is 0 Å². The van der Waals surface area contributed by atoms with Crippen LogP contribution in [0.3, 0.4) is 0 Å². The van der Waals surface area contributed by atoms with Crippen molar-refractivity contribution < 1.29 is 4.79 Å². The Hall–Kier alpha value is -1.51. The first-order chi connectivity index (χ1) is 8.81. The molecule has 0 bridgehead atoms. The molecule has 1 aliphatic heterocycles. The fourth-order valence-corrected chi connectivity index (χ4v) is 2.80. The molecule has 1 heterocycles. The summed E-state index contributed by atoms with van der Waals surface area (Å²) in [6.07, 6.45) is 3.42. The predicted molar refractivity (Wildman–Crippen MR) is 72.7 cm³/mol. The number of nitrogens with zero attached hydrogens (tertiary/aromatic N) is 1. The smallest absolute Gasteiger partial charge is 0.232 e. The van der Waals surface area contributed by atoms with E-state index in [1.807, 2.05) is 12.1 Å². The molecule has 1 aromatic rings. The maximum atomic E-state index is 12.7. The normalized spacial score (nSPS) is 21.3. The minimum atomic E-state index is 0.0216. The Kier molecular flexibility index (Phi) is 2.98. The van der Waals surface area contributed by atoms with Gasteiger partial charge in [-0.1, -0.05) is 25.1 Å². The number of carbonyl (C=O) groups excluding carboxylic acids is 1.